The van der Waals surface area contributed by atoms with Crippen LogP contribution in [0, 0.1) is 6.92 Å². The molecule has 0 unspecified atom stereocenters. The number of rotatable bonds is 3. The van der Waals surface area contributed by atoms with Crippen LogP contribution in [0.25, 0.3) is 32.6 Å². The Bertz CT molecular complexity index is 1610. The minimum atomic E-state index is -0.414. The lowest BCUT2D eigenvalue weighted by atomic mass is 10.2. The summed E-state index contributed by atoms with van der Waals surface area (Å²) in [4.78, 5) is 17.7. The van der Waals surface area contributed by atoms with E-state index in [0.29, 0.717) is 42.7 Å². The zero-order chi connectivity index (χ0) is 24.0. The van der Waals surface area contributed by atoms with Crippen molar-refractivity contribution in [2.45, 2.75) is 6.92 Å². The third-order valence-corrected chi connectivity index (χ3v) is 7.45. The number of thiophene rings is 1. The van der Waals surface area contributed by atoms with Gasteiger partial charge >= 0.3 is 0 Å². The minimum Gasteiger partial charge on any atom is -0.436 e. The van der Waals surface area contributed by atoms with Gasteiger partial charge in [-0.2, -0.15) is 0 Å². The molecule has 170 valence electrons. The van der Waals surface area contributed by atoms with Crippen LogP contribution in [0.5, 0.6) is 0 Å². The van der Waals surface area contributed by atoms with Gasteiger partial charge in [0.05, 0.1) is 15.6 Å². The summed E-state index contributed by atoms with van der Waals surface area (Å²) in [7, 11) is 0. The summed E-state index contributed by atoms with van der Waals surface area (Å²) in [6.45, 7) is 1.99. The molecular weight excluding hydrogens is 533 g/mol. The molecule has 0 radical (unpaired) electrons. The highest BCUT2D eigenvalue weighted by molar-refractivity contribution is 7.80. The predicted octanol–water partition coefficient (Wildman–Crippen LogP) is 8.10. The number of amides is 1. The number of fused-ring (bicyclic) bond motifs is 2. The van der Waals surface area contributed by atoms with Gasteiger partial charge in [0.1, 0.15) is 10.4 Å². The van der Waals surface area contributed by atoms with E-state index in [1.165, 1.54) is 11.3 Å². The molecule has 0 saturated carbocycles. The maximum Gasteiger partial charge on any atom is 0.269 e. The Balaban J connectivity index is 1.36. The first-order chi connectivity index (χ1) is 16.3. The summed E-state index contributed by atoms with van der Waals surface area (Å²) < 4.78 is 6.69. The molecular formula is C24H14Cl3N3O2S2. The number of anilines is 1. The Kier molecular flexibility index (Phi) is 6.22. The maximum absolute atomic E-state index is 12.8. The van der Waals surface area contributed by atoms with Gasteiger partial charge in [0.15, 0.2) is 10.7 Å². The quantitative estimate of drug-likeness (QED) is 0.224. The Morgan fingerprint density at radius 3 is 2.71 bits per heavy atom. The number of aryl methyl sites for hydroxylation is 1. The molecule has 0 aliphatic heterocycles. The smallest absolute Gasteiger partial charge is 0.269 e. The van der Waals surface area contributed by atoms with Crippen molar-refractivity contribution in [3.8, 4) is 11.5 Å². The van der Waals surface area contributed by atoms with Crippen molar-refractivity contribution in [3.63, 3.8) is 0 Å². The molecule has 0 spiro atoms. The van der Waals surface area contributed by atoms with E-state index in [2.05, 4.69) is 15.6 Å². The van der Waals surface area contributed by atoms with Crippen LogP contribution in [0.1, 0.15) is 15.2 Å². The average Bonchev–Trinajstić information content (AvgIpc) is 3.35. The van der Waals surface area contributed by atoms with Crippen molar-refractivity contribution in [1.29, 1.82) is 0 Å². The molecule has 2 aromatic heterocycles. The Morgan fingerprint density at radius 2 is 1.88 bits per heavy atom. The van der Waals surface area contributed by atoms with Crippen molar-refractivity contribution in [2.75, 3.05) is 5.32 Å². The summed E-state index contributed by atoms with van der Waals surface area (Å²) in [5.41, 5.74) is 3.70. The van der Waals surface area contributed by atoms with Crippen LogP contribution in [-0.2, 0) is 0 Å². The van der Waals surface area contributed by atoms with E-state index in [-0.39, 0.29) is 5.11 Å². The Hall–Kier alpha value is -2.68. The molecule has 0 fully saturated rings. The first-order valence-electron chi connectivity index (χ1n) is 9.95. The lowest BCUT2D eigenvalue weighted by Crippen LogP contribution is -2.33. The topological polar surface area (TPSA) is 67.2 Å². The molecule has 5 rings (SSSR count). The van der Waals surface area contributed by atoms with Gasteiger partial charge in [-0.05, 0) is 67.2 Å². The van der Waals surface area contributed by atoms with Crippen LogP contribution in [0.2, 0.25) is 15.1 Å². The first kappa shape index (κ1) is 23.1. The number of thiocarbonyl (C=S) groups is 1. The number of hydrogen-bond donors (Lipinski definition) is 2. The van der Waals surface area contributed by atoms with E-state index in [1.54, 1.807) is 36.4 Å². The molecule has 5 nitrogen and oxygen atoms in total. The van der Waals surface area contributed by atoms with Crippen LogP contribution >= 0.6 is 58.4 Å². The minimum absolute atomic E-state index is 0.109. The largest absolute Gasteiger partial charge is 0.436 e. The number of halogens is 3. The molecule has 0 saturated heterocycles. The molecule has 0 aliphatic carbocycles. The SMILES string of the molecule is Cc1ccc2oc(-c3cc(NC(=S)NC(=O)c4sc5cc(Cl)ccc5c4Cl)ccc3Cl)nc2c1. The lowest BCUT2D eigenvalue weighted by Gasteiger charge is -2.10. The van der Waals surface area contributed by atoms with Gasteiger partial charge in [-0.3, -0.25) is 10.1 Å². The van der Waals surface area contributed by atoms with Crippen molar-refractivity contribution in [3.05, 3.63) is 80.1 Å². The summed E-state index contributed by atoms with van der Waals surface area (Å²) in [6, 6.07) is 16.2. The van der Waals surface area contributed by atoms with Crippen LogP contribution in [0.3, 0.4) is 0 Å². The summed E-state index contributed by atoms with van der Waals surface area (Å²) >= 11 is 25.4. The van der Waals surface area contributed by atoms with Gasteiger partial charge in [0.2, 0.25) is 5.89 Å². The van der Waals surface area contributed by atoms with E-state index in [0.717, 1.165) is 21.2 Å². The zero-order valence-corrected chi connectivity index (χ0v) is 21.3. The van der Waals surface area contributed by atoms with Gasteiger partial charge in [-0.15, -0.1) is 11.3 Å². The molecule has 1 amide bonds. The fourth-order valence-corrected chi connectivity index (χ4v) is 5.52. The monoisotopic (exact) mass is 545 g/mol. The number of benzene rings is 3. The van der Waals surface area contributed by atoms with Gasteiger partial charge in [-0.25, -0.2) is 4.98 Å². The standard InChI is InChI=1S/C24H14Cl3N3O2S2/c1-11-2-7-18-17(8-11)29-23(32-18)15-10-13(4-6-16(15)26)28-24(33)30-22(31)21-20(27)14-5-3-12(25)9-19(14)34-21/h2-10H,1H3,(H2,28,30,31,33). The zero-order valence-electron chi connectivity index (χ0n) is 17.4. The predicted molar refractivity (Wildman–Crippen MR) is 145 cm³/mol. The number of carbonyl (C=O) groups excluding carboxylic acids is 1. The first-order valence-corrected chi connectivity index (χ1v) is 12.3. The highest BCUT2D eigenvalue weighted by atomic mass is 35.5. The third kappa shape index (κ3) is 4.50. The number of oxazole rings is 1. The van der Waals surface area contributed by atoms with Gasteiger partial charge in [0, 0.05) is 20.8 Å². The van der Waals surface area contributed by atoms with E-state index in [1.807, 2.05) is 25.1 Å². The average molecular weight is 547 g/mol. The second kappa shape index (κ2) is 9.17. The molecule has 0 bridgehead atoms. The molecule has 2 heterocycles. The molecule has 34 heavy (non-hydrogen) atoms. The van der Waals surface area contributed by atoms with E-state index >= 15 is 0 Å². The van der Waals surface area contributed by atoms with Crippen molar-refractivity contribution in [2.24, 2.45) is 0 Å². The fourth-order valence-electron chi connectivity index (χ4n) is 3.43. The molecule has 5 aromatic rings. The lowest BCUT2D eigenvalue weighted by molar-refractivity contribution is 0.0982. The van der Waals surface area contributed by atoms with Crippen LogP contribution < -0.4 is 10.6 Å². The summed E-state index contributed by atoms with van der Waals surface area (Å²) in [5, 5.41) is 7.93. The molecule has 3 aromatic carbocycles. The highest BCUT2D eigenvalue weighted by Crippen LogP contribution is 2.37. The fraction of sp³-hybridized carbons (Fsp3) is 0.0417. The second-order valence-corrected chi connectivity index (χ2v) is 10.2. The summed E-state index contributed by atoms with van der Waals surface area (Å²) in [6.07, 6.45) is 0. The number of nitrogens with zero attached hydrogens (tertiary/aromatic N) is 1. The summed E-state index contributed by atoms with van der Waals surface area (Å²) in [5.74, 6) is -0.0248. The van der Waals surface area contributed by atoms with Crippen molar-refractivity contribution < 1.29 is 9.21 Å². The molecule has 0 aliphatic rings. The van der Waals surface area contributed by atoms with Gasteiger partial charge in [0.25, 0.3) is 5.91 Å². The van der Waals surface area contributed by atoms with Gasteiger partial charge < -0.3 is 9.73 Å². The normalized spacial score (nSPS) is 11.2. The van der Waals surface area contributed by atoms with E-state index < -0.39 is 5.91 Å². The van der Waals surface area contributed by atoms with Crippen LogP contribution in [0.4, 0.5) is 5.69 Å². The highest BCUT2D eigenvalue weighted by Gasteiger charge is 2.19. The number of aromatic nitrogens is 1. The molecule has 10 heteroatoms. The van der Waals surface area contributed by atoms with Crippen LogP contribution in [0.15, 0.2) is 59.0 Å². The maximum atomic E-state index is 12.8. The number of carbonyl (C=O) groups is 1. The van der Waals surface area contributed by atoms with Crippen molar-refractivity contribution >= 4 is 96.3 Å². The second-order valence-electron chi connectivity index (χ2n) is 7.48. The van der Waals surface area contributed by atoms with E-state index in [9.17, 15) is 4.79 Å². The van der Waals surface area contributed by atoms with E-state index in [4.69, 9.17) is 51.4 Å². The Labute approximate surface area is 218 Å². The molecule has 0 atom stereocenters. The van der Waals surface area contributed by atoms with Crippen LogP contribution in [-0.4, -0.2) is 16.0 Å². The molecule has 2 N–H and O–H groups in total. The number of nitrogens with one attached hydrogen (secondary N) is 2. The Morgan fingerprint density at radius 1 is 1.06 bits per heavy atom. The van der Waals surface area contributed by atoms with Crippen molar-refractivity contribution in [1.82, 2.24) is 10.3 Å². The van der Waals surface area contributed by atoms with Gasteiger partial charge in [-0.1, -0.05) is 46.9 Å². The third-order valence-electron chi connectivity index (χ3n) is 5.02. The number of hydrogen-bond acceptors (Lipinski definition) is 5.